The van der Waals surface area contributed by atoms with Gasteiger partial charge >= 0.3 is 0 Å². The predicted octanol–water partition coefficient (Wildman–Crippen LogP) is 1.06. The molecule has 1 N–H and O–H groups in total. The minimum absolute atomic E-state index is 0.789. The molecule has 0 radical (unpaired) electrons. The number of nitrogens with zero attached hydrogens (tertiary/aromatic N) is 3. The minimum Gasteiger partial charge on any atom is -0.318 e. The topological polar surface area (TPSA) is 33.1 Å². The molecule has 0 aliphatic heterocycles. The zero-order valence-corrected chi connectivity index (χ0v) is 8.44. The summed E-state index contributed by atoms with van der Waals surface area (Å²) in [7, 11) is 3.90. The van der Waals surface area contributed by atoms with Gasteiger partial charge in [0.25, 0.3) is 0 Å². The van der Waals surface area contributed by atoms with Crippen LogP contribution in [-0.4, -0.2) is 28.7 Å². The molecule has 0 fully saturated rings. The van der Waals surface area contributed by atoms with E-state index >= 15 is 0 Å². The molecule has 0 amide bonds. The third-order valence-corrected chi connectivity index (χ3v) is 2.27. The Morgan fingerprint density at radius 3 is 3.14 bits per heavy atom. The summed E-state index contributed by atoms with van der Waals surface area (Å²) < 4.78 is 2.10. The first kappa shape index (κ1) is 9.18. The third kappa shape index (κ3) is 1.62. The van der Waals surface area contributed by atoms with Gasteiger partial charge in [-0.2, -0.15) is 0 Å². The number of hydrazine groups is 1. The molecule has 0 saturated heterocycles. The van der Waals surface area contributed by atoms with E-state index in [2.05, 4.69) is 27.1 Å². The Hall–Kier alpha value is -1.39. The summed E-state index contributed by atoms with van der Waals surface area (Å²) in [6, 6.07) is 6.10. The van der Waals surface area contributed by atoms with E-state index in [1.165, 1.54) is 5.39 Å². The highest BCUT2D eigenvalue weighted by molar-refractivity contribution is 5.75. The molecular weight excluding hydrogens is 176 g/mol. The van der Waals surface area contributed by atoms with Gasteiger partial charge in [-0.3, -0.25) is 5.43 Å². The SMILES string of the molecule is CNN(C)Cn1ccc2cccnc21. The van der Waals surface area contributed by atoms with Crippen LogP contribution < -0.4 is 5.43 Å². The van der Waals surface area contributed by atoms with Crippen molar-refractivity contribution in [2.75, 3.05) is 14.1 Å². The van der Waals surface area contributed by atoms with Crippen LogP contribution in [-0.2, 0) is 6.67 Å². The van der Waals surface area contributed by atoms with E-state index in [1.807, 2.05) is 37.6 Å². The van der Waals surface area contributed by atoms with Gasteiger partial charge in [0.2, 0.25) is 0 Å². The Kier molecular flexibility index (Phi) is 2.47. The van der Waals surface area contributed by atoms with Gasteiger partial charge in [0, 0.05) is 24.8 Å². The summed E-state index contributed by atoms with van der Waals surface area (Å²) in [5.74, 6) is 0. The molecule has 0 bridgehead atoms. The first-order valence-electron chi connectivity index (χ1n) is 4.59. The van der Waals surface area contributed by atoms with Crippen LogP contribution in [0, 0.1) is 0 Å². The quantitative estimate of drug-likeness (QED) is 0.735. The van der Waals surface area contributed by atoms with Crippen molar-refractivity contribution in [3.8, 4) is 0 Å². The molecule has 2 aromatic rings. The highest BCUT2D eigenvalue weighted by Crippen LogP contribution is 2.11. The van der Waals surface area contributed by atoms with Crippen molar-refractivity contribution in [1.29, 1.82) is 0 Å². The number of hydrogen-bond acceptors (Lipinski definition) is 3. The maximum atomic E-state index is 4.34. The fourth-order valence-corrected chi connectivity index (χ4v) is 1.43. The molecule has 0 saturated carbocycles. The summed E-state index contributed by atoms with van der Waals surface area (Å²) >= 11 is 0. The van der Waals surface area contributed by atoms with Gasteiger partial charge in [-0.05, 0) is 25.2 Å². The maximum absolute atomic E-state index is 4.34. The van der Waals surface area contributed by atoms with Gasteiger partial charge in [-0.1, -0.05) is 0 Å². The molecule has 0 atom stereocenters. The number of fused-ring (bicyclic) bond motifs is 1. The molecule has 2 rings (SSSR count). The van der Waals surface area contributed by atoms with Gasteiger partial charge in [-0.25, -0.2) is 9.99 Å². The minimum atomic E-state index is 0.789. The van der Waals surface area contributed by atoms with Gasteiger partial charge < -0.3 is 4.57 Å². The fourth-order valence-electron chi connectivity index (χ4n) is 1.43. The summed E-state index contributed by atoms with van der Waals surface area (Å²) in [4.78, 5) is 4.34. The van der Waals surface area contributed by atoms with E-state index in [0.29, 0.717) is 0 Å². The van der Waals surface area contributed by atoms with Crippen LogP contribution in [0.4, 0.5) is 0 Å². The van der Waals surface area contributed by atoms with Crippen LogP contribution >= 0.6 is 0 Å². The Labute approximate surface area is 83.1 Å². The van der Waals surface area contributed by atoms with E-state index in [4.69, 9.17) is 0 Å². The number of pyridine rings is 1. The lowest BCUT2D eigenvalue weighted by Gasteiger charge is -2.15. The molecule has 14 heavy (non-hydrogen) atoms. The molecule has 0 unspecified atom stereocenters. The second kappa shape index (κ2) is 3.77. The van der Waals surface area contributed by atoms with E-state index in [1.54, 1.807) is 0 Å². The lowest BCUT2D eigenvalue weighted by molar-refractivity contribution is 0.207. The van der Waals surface area contributed by atoms with Crippen molar-refractivity contribution in [2.24, 2.45) is 0 Å². The lowest BCUT2D eigenvalue weighted by Crippen LogP contribution is -2.32. The van der Waals surface area contributed by atoms with E-state index in [0.717, 1.165) is 12.3 Å². The molecule has 0 aromatic carbocycles. The van der Waals surface area contributed by atoms with E-state index < -0.39 is 0 Å². The Balaban J connectivity index is 2.33. The highest BCUT2D eigenvalue weighted by Gasteiger charge is 2.02. The normalized spacial score (nSPS) is 11.4. The maximum Gasteiger partial charge on any atom is 0.140 e. The zero-order valence-electron chi connectivity index (χ0n) is 8.44. The molecule has 0 spiro atoms. The summed E-state index contributed by atoms with van der Waals surface area (Å²) in [5.41, 5.74) is 4.08. The molecule has 0 aliphatic rings. The summed E-state index contributed by atoms with van der Waals surface area (Å²) in [6.45, 7) is 0.789. The zero-order chi connectivity index (χ0) is 9.97. The van der Waals surface area contributed by atoms with Crippen LogP contribution in [0.5, 0.6) is 0 Å². The number of nitrogens with one attached hydrogen (secondary N) is 1. The van der Waals surface area contributed by atoms with Crippen LogP contribution in [0.1, 0.15) is 0 Å². The Morgan fingerprint density at radius 1 is 1.50 bits per heavy atom. The van der Waals surface area contributed by atoms with Crippen LogP contribution in [0.15, 0.2) is 30.6 Å². The monoisotopic (exact) mass is 190 g/mol. The van der Waals surface area contributed by atoms with Crippen LogP contribution in [0.25, 0.3) is 11.0 Å². The van der Waals surface area contributed by atoms with Gasteiger partial charge in [0.15, 0.2) is 0 Å². The smallest absolute Gasteiger partial charge is 0.140 e. The largest absolute Gasteiger partial charge is 0.318 e. The molecule has 2 heterocycles. The second-order valence-corrected chi connectivity index (χ2v) is 3.26. The summed E-state index contributed by atoms with van der Waals surface area (Å²) in [6.07, 6.45) is 3.86. The van der Waals surface area contributed by atoms with Gasteiger partial charge in [0.05, 0.1) is 6.67 Å². The molecular formula is C10H14N4. The number of aromatic nitrogens is 2. The molecule has 4 heteroatoms. The second-order valence-electron chi connectivity index (χ2n) is 3.26. The Bertz CT molecular complexity index is 421. The lowest BCUT2D eigenvalue weighted by atomic mass is 10.3. The average Bonchev–Trinajstić information content (AvgIpc) is 2.62. The molecule has 0 aliphatic carbocycles. The number of rotatable bonds is 3. The highest BCUT2D eigenvalue weighted by atomic mass is 15.5. The first-order valence-corrected chi connectivity index (χ1v) is 4.59. The van der Waals surface area contributed by atoms with Crippen molar-refractivity contribution in [1.82, 2.24) is 20.0 Å². The molecule has 4 nitrogen and oxygen atoms in total. The number of hydrogen-bond donors (Lipinski definition) is 1. The van der Waals surface area contributed by atoms with Crippen LogP contribution in [0.2, 0.25) is 0 Å². The fraction of sp³-hybridized carbons (Fsp3) is 0.300. The third-order valence-electron chi connectivity index (χ3n) is 2.27. The van der Waals surface area contributed by atoms with Crippen molar-refractivity contribution in [3.63, 3.8) is 0 Å². The van der Waals surface area contributed by atoms with Gasteiger partial charge in [-0.15, -0.1) is 0 Å². The van der Waals surface area contributed by atoms with E-state index in [-0.39, 0.29) is 0 Å². The average molecular weight is 190 g/mol. The molecule has 2 aromatic heterocycles. The van der Waals surface area contributed by atoms with Crippen molar-refractivity contribution in [2.45, 2.75) is 6.67 Å². The van der Waals surface area contributed by atoms with Gasteiger partial charge in [0.1, 0.15) is 5.65 Å². The summed E-state index contributed by atoms with van der Waals surface area (Å²) in [5, 5.41) is 3.17. The van der Waals surface area contributed by atoms with Crippen molar-refractivity contribution >= 4 is 11.0 Å². The standard InChI is InChI=1S/C10H14N4/c1-11-13(2)8-14-7-5-9-4-3-6-12-10(9)14/h3-7,11H,8H2,1-2H3. The van der Waals surface area contributed by atoms with Crippen molar-refractivity contribution < 1.29 is 0 Å². The molecule has 74 valence electrons. The Morgan fingerprint density at radius 2 is 2.36 bits per heavy atom. The first-order chi connectivity index (χ1) is 6.81. The predicted molar refractivity (Wildman–Crippen MR) is 56.6 cm³/mol. The van der Waals surface area contributed by atoms with Crippen LogP contribution in [0.3, 0.4) is 0 Å². The van der Waals surface area contributed by atoms with E-state index in [9.17, 15) is 0 Å². The van der Waals surface area contributed by atoms with Crippen molar-refractivity contribution in [3.05, 3.63) is 30.6 Å².